The Morgan fingerprint density at radius 2 is 1.37 bits per heavy atom. The number of rotatable bonds is 3. The number of hydrogen-bond donors (Lipinski definition) is 0. The number of nitrogens with zero attached hydrogens (tertiary/aromatic N) is 2. The average Bonchev–Trinajstić information content (AvgIpc) is 3.28. The largest absolute Gasteiger partial charge is 0.454 e. The van der Waals surface area contributed by atoms with Crippen LogP contribution in [0.15, 0.2) is 108 Å². The van der Waals surface area contributed by atoms with Crippen LogP contribution in [0.2, 0.25) is 0 Å². The first kappa shape index (κ1) is 20.9. The minimum atomic E-state index is 0.543. The Labute approximate surface area is 204 Å². The summed E-state index contributed by atoms with van der Waals surface area (Å²) in [4.78, 5) is 0. The summed E-state index contributed by atoms with van der Waals surface area (Å²) in [6, 6.07) is 35.7. The fraction of sp³-hybridized carbons (Fsp3) is 0.0625. The van der Waals surface area contributed by atoms with Gasteiger partial charge in [0.05, 0.1) is 11.1 Å². The fourth-order valence-corrected chi connectivity index (χ4v) is 4.88. The summed E-state index contributed by atoms with van der Waals surface area (Å²) in [6.45, 7) is 2.10. The summed E-state index contributed by atoms with van der Waals surface area (Å²) in [5.74, 6) is 0. The normalized spacial score (nSPS) is 11.1. The van der Waals surface area contributed by atoms with Gasteiger partial charge in [-0.05, 0) is 52.9 Å². The standard InChI is InChI=1S/C32H23N2O/c1-21-11-16-27-28-19-25(24-14-12-23(13-15-24)22-8-4-3-5-9-22)18-26(20-33)31(28)35-32(27)30(21)29-10-6-7-17-34(29)2/h3-19H,1-2H3/q+1. The zero-order valence-corrected chi connectivity index (χ0v) is 19.6. The van der Waals surface area contributed by atoms with E-state index in [-0.39, 0.29) is 0 Å². The fourth-order valence-electron chi connectivity index (χ4n) is 4.88. The number of fused-ring (bicyclic) bond motifs is 3. The van der Waals surface area contributed by atoms with Crippen LogP contribution in [0.25, 0.3) is 55.4 Å². The van der Waals surface area contributed by atoms with Gasteiger partial charge in [-0.25, -0.2) is 4.57 Å². The molecule has 0 spiro atoms. The molecule has 0 saturated carbocycles. The second-order valence-electron chi connectivity index (χ2n) is 8.89. The Morgan fingerprint density at radius 3 is 2.09 bits per heavy atom. The van der Waals surface area contributed by atoms with Crippen LogP contribution in [-0.2, 0) is 7.05 Å². The monoisotopic (exact) mass is 451 g/mol. The first-order valence-corrected chi connectivity index (χ1v) is 11.6. The zero-order valence-electron chi connectivity index (χ0n) is 19.6. The molecule has 4 aromatic carbocycles. The molecule has 0 saturated heterocycles. The minimum absolute atomic E-state index is 0.543. The summed E-state index contributed by atoms with van der Waals surface area (Å²) < 4.78 is 8.52. The molecule has 2 heterocycles. The molecule has 0 bridgehead atoms. The lowest BCUT2D eigenvalue weighted by Crippen LogP contribution is -2.30. The van der Waals surface area contributed by atoms with E-state index in [2.05, 4.69) is 78.2 Å². The van der Waals surface area contributed by atoms with Crippen molar-refractivity contribution in [2.45, 2.75) is 6.92 Å². The molecular weight excluding hydrogens is 428 g/mol. The van der Waals surface area contributed by atoms with Gasteiger partial charge in [0.1, 0.15) is 18.7 Å². The first-order chi connectivity index (χ1) is 17.1. The summed E-state index contributed by atoms with van der Waals surface area (Å²) in [5.41, 5.74) is 9.68. The third kappa shape index (κ3) is 3.48. The Hall–Kier alpha value is -4.68. The zero-order chi connectivity index (χ0) is 23.9. The van der Waals surface area contributed by atoms with Crippen molar-refractivity contribution < 1.29 is 8.98 Å². The maximum absolute atomic E-state index is 10.00. The van der Waals surface area contributed by atoms with E-state index >= 15 is 0 Å². The lowest BCUT2D eigenvalue weighted by molar-refractivity contribution is -0.660. The van der Waals surface area contributed by atoms with Gasteiger partial charge < -0.3 is 4.42 Å². The number of nitriles is 1. The van der Waals surface area contributed by atoms with Crippen LogP contribution in [0.1, 0.15) is 11.1 Å². The lowest BCUT2D eigenvalue weighted by atomic mass is 9.96. The van der Waals surface area contributed by atoms with Crippen molar-refractivity contribution in [3.8, 4) is 39.6 Å². The molecule has 166 valence electrons. The second kappa shape index (κ2) is 8.27. The molecule has 0 unspecified atom stereocenters. The Bertz CT molecular complexity index is 1750. The Balaban J connectivity index is 1.55. The van der Waals surface area contributed by atoms with Crippen LogP contribution in [0.4, 0.5) is 0 Å². The highest BCUT2D eigenvalue weighted by atomic mass is 16.3. The molecule has 6 aromatic rings. The molecule has 0 amide bonds. The number of hydrogen-bond acceptors (Lipinski definition) is 2. The number of aryl methyl sites for hydroxylation is 2. The van der Waals surface area contributed by atoms with Gasteiger partial charge in [0.15, 0.2) is 11.8 Å². The van der Waals surface area contributed by atoms with Gasteiger partial charge in [-0.1, -0.05) is 66.7 Å². The van der Waals surface area contributed by atoms with E-state index in [9.17, 15) is 5.26 Å². The highest BCUT2D eigenvalue weighted by Crippen LogP contribution is 2.40. The summed E-state index contributed by atoms with van der Waals surface area (Å²) in [6.07, 6.45) is 2.04. The quantitative estimate of drug-likeness (QED) is 0.260. The third-order valence-electron chi connectivity index (χ3n) is 6.71. The van der Waals surface area contributed by atoms with Crippen LogP contribution < -0.4 is 4.57 Å². The smallest absolute Gasteiger partial charge is 0.216 e. The van der Waals surface area contributed by atoms with Crippen LogP contribution in [-0.4, -0.2) is 0 Å². The van der Waals surface area contributed by atoms with Crippen molar-refractivity contribution in [3.63, 3.8) is 0 Å². The molecule has 0 aliphatic carbocycles. The van der Waals surface area contributed by atoms with E-state index in [0.717, 1.165) is 44.3 Å². The number of furan rings is 1. The molecule has 3 nitrogen and oxygen atoms in total. The molecule has 6 rings (SSSR count). The van der Waals surface area contributed by atoms with Crippen molar-refractivity contribution in [1.29, 1.82) is 5.26 Å². The molecule has 35 heavy (non-hydrogen) atoms. The van der Waals surface area contributed by atoms with E-state index in [1.54, 1.807) is 0 Å². The average molecular weight is 452 g/mol. The molecule has 0 fully saturated rings. The van der Waals surface area contributed by atoms with E-state index in [0.29, 0.717) is 11.1 Å². The lowest BCUT2D eigenvalue weighted by Gasteiger charge is -2.06. The maximum atomic E-state index is 10.00. The second-order valence-corrected chi connectivity index (χ2v) is 8.89. The number of aromatic nitrogens is 1. The highest BCUT2D eigenvalue weighted by molar-refractivity contribution is 6.12. The summed E-state index contributed by atoms with van der Waals surface area (Å²) in [7, 11) is 2.04. The molecule has 0 N–H and O–H groups in total. The maximum Gasteiger partial charge on any atom is 0.216 e. The predicted octanol–water partition coefficient (Wildman–Crippen LogP) is 7.59. The number of benzene rings is 4. The highest BCUT2D eigenvalue weighted by Gasteiger charge is 2.21. The van der Waals surface area contributed by atoms with Crippen LogP contribution in [0.3, 0.4) is 0 Å². The van der Waals surface area contributed by atoms with Gasteiger partial charge in [0.2, 0.25) is 5.69 Å². The van der Waals surface area contributed by atoms with Gasteiger partial charge in [0, 0.05) is 22.9 Å². The van der Waals surface area contributed by atoms with Gasteiger partial charge in [0.25, 0.3) is 0 Å². The molecule has 0 atom stereocenters. The van der Waals surface area contributed by atoms with Gasteiger partial charge in [-0.2, -0.15) is 5.26 Å². The van der Waals surface area contributed by atoms with Crippen molar-refractivity contribution in [2.24, 2.45) is 7.05 Å². The first-order valence-electron chi connectivity index (χ1n) is 11.6. The summed E-state index contributed by atoms with van der Waals surface area (Å²) in [5, 5.41) is 12.0. The Morgan fingerprint density at radius 1 is 0.686 bits per heavy atom. The van der Waals surface area contributed by atoms with Gasteiger partial charge in [-0.15, -0.1) is 0 Å². The molecule has 3 heteroatoms. The third-order valence-corrected chi connectivity index (χ3v) is 6.71. The molecule has 0 aliphatic rings. The van der Waals surface area contributed by atoms with Gasteiger partial charge >= 0.3 is 0 Å². The van der Waals surface area contributed by atoms with Crippen LogP contribution in [0.5, 0.6) is 0 Å². The van der Waals surface area contributed by atoms with Crippen LogP contribution >= 0.6 is 0 Å². The minimum Gasteiger partial charge on any atom is -0.454 e. The van der Waals surface area contributed by atoms with Gasteiger partial charge in [-0.3, -0.25) is 0 Å². The number of pyridine rings is 1. The van der Waals surface area contributed by atoms with Crippen molar-refractivity contribution >= 4 is 21.9 Å². The molecule has 2 aromatic heterocycles. The van der Waals surface area contributed by atoms with Crippen molar-refractivity contribution in [2.75, 3.05) is 0 Å². The molecule has 0 aliphatic heterocycles. The SMILES string of the molecule is Cc1ccc2c(oc3c(C#N)cc(-c4ccc(-c5ccccc5)cc4)cc32)c1-c1cccc[n+]1C. The van der Waals surface area contributed by atoms with E-state index in [1.807, 2.05) is 49.6 Å². The van der Waals surface area contributed by atoms with Crippen molar-refractivity contribution in [1.82, 2.24) is 0 Å². The van der Waals surface area contributed by atoms with E-state index < -0.39 is 0 Å². The van der Waals surface area contributed by atoms with E-state index in [1.165, 1.54) is 11.1 Å². The van der Waals surface area contributed by atoms with E-state index in [4.69, 9.17) is 4.42 Å². The van der Waals surface area contributed by atoms with Crippen LogP contribution in [0, 0.1) is 18.3 Å². The topological polar surface area (TPSA) is 40.8 Å². The predicted molar refractivity (Wildman–Crippen MR) is 141 cm³/mol. The van der Waals surface area contributed by atoms with Crippen molar-refractivity contribution in [3.05, 3.63) is 114 Å². The molecular formula is C32H23N2O+. The Kier molecular flexibility index (Phi) is 4.94. The molecule has 0 radical (unpaired) electrons. The summed E-state index contributed by atoms with van der Waals surface area (Å²) >= 11 is 0.